The van der Waals surface area contributed by atoms with Crippen LogP contribution in [0.4, 0.5) is 10.1 Å². The van der Waals surface area contributed by atoms with Crippen LogP contribution in [-0.2, 0) is 10.2 Å². The topological polar surface area (TPSA) is 114 Å². The number of nitrogens with zero attached hydrogens (tertiary/aromatic N) is 2. The molecule has 2 aromatic rings. The molecule has 1 amide bonds. The van der Waals surface area contributed by atoms with Gasteiger partial charge in [0.1, 0.15) is 18.2 Å². The molecule has 1 fully saturated rings. The van der Waals surface area contributed by atoms with Crippen LogP contribution in [0.1, 0.15) is 35.2 Å². The Bertz CT molecular complexity index is 1120. The molecule has 0 radical (unpaired) electrons. The lowest BCUT2D eigenvalue weighted by Crippen LogP contribution is -2.47. The highest BCUT2D eigenvalue weighted by molar-refractivity contribution is 7.91. The summed E-state index contributed by atoms with van der Waals surface area (Å²) >= 11 is 0. The summed E-state index contributed by atoms with van der Waals surface area (Å²) in [6, 6.07) is 10.5. The van der Waals surface area contributed by atoms with E-state index in [-0.39, 0.29) is 35.6 Å². The van der Waals surface area contributed by atoms with Crippen molar-refractivity contribution in [3.63, 3.8) is 0 Å². The van der Waals surface area contributed by atoms with Gasteiger partial charge in [-0.2, -0.15) is 8.42 Å². The quantitative estimate of drug-likeness (QED) is 0.769. The first kappa shape index (κ1) is 20.1. The maximum atomic E-state index is 14.1. The molecular weight excluding hydrogens is 411 g/mol. The normalized spacial score (nSPS) is 20.0. The number of carbonyl (C=O) groups excluding carboxylic acids is 1. The van der Waals surface area contributed by atoms with Crippen molar-refractivity contribution in [2.24, 2.45) is 10.1 Å². The molecule has 8 nitrogen and oxygen atoms in total. The lowest BCUT2D eigenvalue weighted by Gasteiger charge is -2.36. The first-order chi connectivity index (χ1) is 14.4. The van der Waals surface area contributed by atoms with Crippen LogP contribution >= 0.6 is 0 Å². The zero-order valence-electron chi connectivity index (χ0n) is 16.0. The van der Waals surface area contributed by atoms with E-state index >= 15 is 0 Å². The second-order valence-electron chi connectivity index (χ2n) is 7.17. The molecule has 10 heteroatoms. The summed E-state index contributed by atoms with van der Waals surface area (Å²) in [5.74, 6) is -0.728. The fourth-order valence-corrected chi connectivity index (χ4v) is 4.60. The number of benzene rings is 2. The molecule has 0 spiro atoms. The number of piperidine rings is 1. The van der Waals surface area contributed by atoms with Gasteiger partial charge in [0.15, 0.2) is 5.84 Å². The van der Waals surface area contributed by atoms with E-state index in [1.54, 1.807) is 35.2 Å². The fraction of sp³-hybridized carbons (Fsp3) is 0.300. The molecule has 0 unspecified atom stereocenters. The Balaban J connectivity index is 1.55. The Morgan fingerprint density at radius 1 is 1.23 bits per heavy atom. The summed E-state index contributed by atoms with van der Waals surface area (Å²) in [6.07, 6.45) is 2.47. The SMILES string of the molecule is NC1=NS(=O)(=O)Nc2cccc(OC[C@H]3CCCCN3C(=O)c3ccccc3F)c21. The summed E-state index contributed by atoms with van der Waals surface area (Å²) < 4.78 is 49.3. The molecule has 2 heterocycles. The highest BCUT2D eigenvalue weighted by Crippen LogP contribution is 2.31. The Kier molecular flexibility index (Phi) is 5.33. The van der Waals surface area contributed by atoms with E-state index in [2.05, 4.69) is 9.12 Å². The molecule has 0 saturated carbocycles. The Morgan fingerprint density at radius 3 is 2.83 bits per heavy atom. The van der Waals surface area contributed by atoms with Crippen LogP contribution in [0.3, 0.4) is 0 Å². The van der Waals surface area contributed by atoms with E-state index in [9.17, 15) is 17.6 Å². The molecule has 1 atom stereocenters. The van der Waals surface area contributed by atoms with Crippen molar-refractivity contribution in [2.45, 2.75) is 25.3 Å². The number of hydrogen-bond acceptors (Lipinski definition) is 5. The van der Waals surface area contributed by atoms with Gasteiger partial charge in [0.05, 0.1) is 22.9 Å². The third-order valence-corrected chi connectivity index (χ3v) is 6.08. The summed E-state index contributed by atoms with van der Waals surface area (Å²) in [6.45, 7) is 0.675. The molecule has 3 N–H and O–H groups in total. The van der Waals surface area contributed by atoms with Gasteiger partial charge in [-0.15, -0.1) is 4.40 Å². The molecule has 0 bridgehead atoms. The molecule has 0 aromatic heterocycles. The number of hydrogen-bond donors (Lipinski definition) is 2. The molecule has 158 valence electrons. The van der Waals surface area contributed by atoms with Crippen LogP contribution in [0.25, 0.3) is 0 Å². The van der Waals surface area contributed by atoms with E-state index < -0.39 is 16.0 Å². The van der Waals surface area contributed by atoms with Crippen molar-refractivity contribution in [1.29, 1.82) is 0 Å². The molecular formula is C20H21FN4O4S. The molecule has 2 aromatic carbocycles. The van der Waals surface area contributed by atoms with E-state index in [0.717, 1.165) is 12.8 Å². The number of halogens is 1. The molecule has 30 heavy (non-hydrogen) atoms. The lowest BCUT2D eigenvalue weighted by molar-refractivity contribution is 0.0524. The average molecular weight is 432 g/mol. The van der Waals surface area contributed by atoms with Crippen molar-refractivity contribution in [3.8, 4) is 5.75 Å². The Labute approximate surface area is 173 Å². The number of rotatable bonds is 4. The number of nitrogens with two attached hydrogens (primary N) is 1. The van der Waals surface area contributed by atoms with Crippen molar-refractivity contribution in [3.05, 3.63) is 59.4 Å². The fourth-order valence-electron chi connectivity index (χ4n) is 3.75. The van der Waals surface area contributed by atoms with Crippen LogP contribution in [0.5, 0.6) is 5.75 Å². The van der Waals surface area contributed by atoms with Gasteiger partial charge >= 0.3 is 10.2 Å². The standard InChI is InChI=1S/C20H21FN4O4S/c21-15-8-2-1-7-14(15)20(26)25-11-4-3-6-13(25)12-29-17-10-5-9-16-18(17)19(22)24-30(27,28)23-16/h1-2,5,7-10,13,23H,3-4,6,11-12H2,(H2,22,24)/t13-/m1/s1. The van der Waals surface area contributed by atoms with Crippen molar-refractivity contribution in [1.82, 2.24) is 4.90 Å². The average Bonchev–Trinajstić information content (AvgIpc) is 2.71. The third kappa shape index (κ3) is 3.95. The first-order valence-electron chi connectivity index (χ1n) is 9.55. The van der Waals surface area contributed by atoms with Crippen LogP contribution in [-0.4, -0.2) is 44.3 Å². The number of nitrogens with one attached hydrogen (secondary N) is 1. The first-order valence-corrected chi connectivity index (χ1v) is 11.0. The van der Waals surface area contributed by atoms with Gasteiger partial charge in [-0.05, 0) is 43.5 Å². The van der Waals surface area contributed by atoms with Gasteiger partial charge in [0.2, 0.25) is 0 Å². The van der Waals surface area contributed by atoms with Gasteiger partial charge in [0.25, 0.3) is 5.91 Å². The van der Waals surface area contributed by atoms with Gasteiger partial charge in [-0.1, -0.05) is 18.2 Å². The van der Waals surface area contributed by atoms with Crippen LogP contribution in [0.2, 0.25) is 0 Å². The highest BCUT2D eigenvalue weighted by atomic mass is 32.2. The maximum absolute atomic E-state index is 14.1. The number of anilines is 1. The predicted octanol–water partition coefficient (Wildman–Crippen LogP) is 2.27. The summed E-state index contributed by atoms with van der Waals surface area (Å²) in [5, 5.41) is 0. The molecule has 2 aliphatic heterocycles. The number of amides is 1. The summed E-state index contributed by atoms with van der Waals surface area (Å²) in [7, 11) is -3.88. The van der Waals surface area contributed by atoms with Crippen molar-refractivity contribution in [2.75, 3.05) is 17.9 Å². The molecule has 0 aliphatic carbocycles. The third-order valence-electron chi connectivity index (χ3n) is 5.16. The minimum Gasteiger partial charge on any atom is -0.491 e. The Hall–Kier alpha value is -3.14. The number of ether oxygens (including phenoxy) is 1. The predicted molar refractivity (Wildman–Crippen MR) is 110 cm³/mol. The molecule has 1 saturated heterocycles. The lowest BCUT2D eigenvalue weighted by atomic mass is 10.0. The number of fused-ring (bicyclic) bond motifs is 1. The van der Waals surface area contributed by atoms with Crippen LogP contribution in [0.15, 0.2) is 46.9 Å². The van der Waals surface area contributed by atoms with Gasteiger partial charge < -0.3 is 15.4 Å². The zero-order valence-corrected chi connectivity index (χ0v) is 16.9. The smallest absolute Gasteiger partial charge is 0.344 e. The van der Waals surface area contributed by atoms with E-state index in [1.807, 2.05) is 0 Å². The zero-order chi connectivity index (χ0) is 21.3. The molecule has 2 aliphatic rings. The van der Waals surface area contributed by atoms with Gasteiger partial charge in [0, 0.05) is 6.54 Å². The summed E-state index contributed by atoms with van der Waals surface area (Å²) in [5.41, 5.74) is 6.52. The Morgan fingerprint density at radius 2 is 2.03 bits per heavy atom. The monoisotopic (exact) mass is 432 g/mol. The second-order valence-corrected chi connectivity index (χ2v) is 8.51. The van der Waals surface area contributed by atoms with Crippen molar-refractivity contribution >= 4 is 27.6 Å². The van der Waals surface area contributed by atoms with Gasteiger partial charge in [-0.25, -0.2) is 4.39 Å². The number of likely N-dealkylation sites (tertiary alicyclic amines) is 1. The largest absolute Gasteiger partial charge is 0.491 e. The minimum absolute atomic E-state index is 0.0345. The van der Waals surface area contributed by atoms with Crippen LogP contribution < -0.4 is 15.2 Å². The number of carbonyl (C=O) groups is 1. The van der Waals surface area contributed by atoms with E-state index in [0.29, 0.717) is 24.3 Å². The van der Waals surface area contributed by atoms with E-state index in [1.165, 1.54) is 12.1 Å². The van der Waals surface area contributed by atoms with Crippen LogP contribution in [0, 0.1) is 5.82 Å². The molecule has 4 rings (SSSR count). The number of amidine groups is 1. The van der Waals surface area contributed by atoms with Gasteiger partial charge in [-0.3, -0.25) is 9.52 Å². The minimum atomic E-state index is -3.88. The highest BCUT2D eigenvalue weighted by Gasteiger charge is 2.30. The second kappa shape index (κ2) is 7.94. The summed E-state index contributed by atoms with van der Waals surface area (Å²) in [4.78, 5) is 14.5. The maximum Gasteiger partial charge on any atom is 0.344 e. The van der Waals surface area contributed by atoms with Crippen molar-refractivity contribution < 1.29 is 22.3 Å². The van der Waals surface area contributed by atoms with E-state index in [4.69, 9.17) is 10.5 Å².